The maximum Gasteiger partial charge on any atom is 0.174 e. The molecule has 2 atom stereocenters. The number of ether oxygens (including phenoxy) is 2. The molecule has 6 nitrogen and oxygen atoms in total. The summed E-state index contributed by atoms with van der Waals surface area (Å²) in [5.74, 6) is 1.44. The maximum atomic E-state index is 6.53. The topological polar surface area (TPSA) is 51.5 Å². The lowest BCUT2D eigenvalue weighted by Crippen LogP contribution is -2.29. The zero-order valence-corrected chi connectivity index (χ0v) is 22.1. The van der Waals surface area contributed by atoms with Gasteiger partial charge in [-0.1, -0.05) is 17.7 Å². The summed E-state index contributed by atoms with van der Waals surface area (Å²) in [6.07, 6.45) is 1.81. The summed E-state index contributed by atoms with van der Waals surface area (Å²) < 4.78 is 13.0. The Labute approximate surface area is 221 Å². The lowest BCUT2D eigenvalue weighted by molar-refractivity contribution is 0.414. The van der Waals surface area contributed by atoms with E-state index in [-0.39, 0.29) is 12.1 Å². The van der Waals surface area contributed by atoms with Crippen LogP contribution in [0.25, 0.3) is 5.69 Å². The van der Waals surface area contributed by atoms with Gasteiger partial charge >= 0.3 is 0 Å². The Hall–Kier alpha value is -3.55. The van der Waals surface area contributed by atoms with Crippen molar-refractivity contribution in [2.24, 2.45) is 0 Å². The van der Waals surface area contributed by atoms with Gasteiger partial charge in [0.2, 0.25) is 0 Å². The fraction of sp³-hybridized carbons (Fsp3) is 0.214. The van der Waals surface area contributed by atoms with Crippen molar-refractivity contribution in [1.82, 2.24) is 14.9 Å². The molecule has 2 aromatic carbocycles. The van der Waals surface area contributed by atoms with Crippen LogP contribution < -0.4 is 19.7 Å². The van der Waals surface area contributed by atoms with Crippen LogP contribution in [0.3, 0.4) is 0 Å². The van der Waals surface area contributed by atoms with Gasteiger partial charge < -0.3 is 24.3 Å². The van der Waals surface area contributed by atoms with Crippen LogP contribution >= 0.6 is 23.8 Å². The molecule has 0 aliphatic carbocycles. The molecule has 4 aromatic rings. The number of benzene rings is 2. The summed E-state index contributed by atoms with van der Waals surface area (Å²) in [5.41, 5.74) is 6.27. The van der Waals surface area contributed by atoms with E-state index in [1.807, 2.05) is 54.7 Å². The molecule has 2 aromatic heterocycles. The zero-order chi connectivity index (χ0) is 25.4. The van der Waals surface area contributed by atoms with Gasteiger partial charge in [0.15, 0.2) is 5.11 Å². The van der Waals surface area contributed by atoms with Crippen LogP contribution in [0.2, 0.25) is 5.02 Å². The summed E-state index contributed by atoms with van der Waals surface area (Å²) in [5, 5.41) is 4.67. The molecule has 5 rings (SSSR count). The summed E-state index contributed by atoms with van der Waals surface area (Å²) in [4.78, 5) is 6.79. The minimum Gasteiger partial charge on any atom is -0.497 e. The van der Waals surface area contributed by atoms with Crippen molar-refractivity contribution in [3.8, 4) is 17.2 Å². The number of aryl methyl sites for hydroxylation is 1. The number of hydrogen-bond donors (Lipinski definition) is 1. The summed E-state index contributed by atoms with van der Waals surface area (Å²) >= 11 is 12.4. The Kier molecular flexibility index (Phi) is 6.60. The molecule has 184 valence electrons. The largest absolute Gasteiger partial charge is 0.497 e. The molecule has 0 amide bonds. The van der Waals surface area contributed by atoms with E-state index in [0.29, 0.717) is 15.9 Å². The highest BCUT2D eigenvalue weighted by atomic mass is 35.5. The summed E-state index contributed by atoms with van der Waals surface area (Å²) in [6, 6.07) is 21.7. The molecule has 1 aliphatic heterocycles. The number of nitrogens with zero attached hydrogens (tertiary/aromatic N) is 3. The van der Waals surface area contributed by atoms with E-state index in [4.69, 9.17) is 33.3 Å². The quantitative estimate of drug-likeness (QED) is 0.301. The van der Waals surface area contributed by atoms with Gasteiger partial charge in [0, 0.05) is 29.0 Å². The van der Waals surface area contributed by atoms with Crippen LogP contribution in [0.4, 0.5) is 5.69 Å². The molecule has 8 heteroatoms. The Morgan fingerprint density at radius 2 is 1.69 bits per heavy atom. The number of thiocarbonyl (C=S) groups is 1. The molecule has 0 radical (unpaired) electrons. The molecule has 1 N–H and O–H groups in total. The van der Waals surface area contributed by atoms with Crippen molar-refractivity contribution in [2.45, 2.75) is 25.9 Å². The number of hydrogen-bond acceptors (Lipinski definition) is 4. The fourth-order valence-corrected chi connectivity index (χ4v) is 5.57. The number of pyridine rings is 1. The van der Waals surface area contributed by atoms with Gasteiger partial charge in [-0.15, -0.1) is 0 Å². The predicted molar refractivity (Wildman–Crippen MR) is 148 cm³/mol. The second-order valence-electron chi connectivity index (χ2n) is 8.68. The van der Waals surface area contributed by atoms with E-state index >= 15 is 0 Å². The van der Waals surface area contributed by atoms with Gasteiger partial charge in [-0.05, 0) is 92.3 Å². The average molecular weight is 519 g/mol. The first kappa shape index (κ1) is 24.2. The van der Waals surface area contributed by atoms with Crippen LogP contribution in [0, 0.1) is 13.8 Å². The van der Waals surface area contributed by atoms with E-state index < -0.39 is 0 Å². The second kappa shape index (κ2) is 9.84. The van der Waals surface area contributed by atoms with Gasteiger partial charge in [0.05, 0.1) is 37.0 Å². The van der Waals surface area contributed by atoms with E-state index in [1.165, 1.54) is 0 Å². The first-order valence-electron chi connectivity index (χ1n) is 11.6. The van der Waals surface area contributed by atoms with Crippen molar-refractivity contribution >= 4 is 34.6 Å². The number of methoxy groups -OCH3 is 2. The molecule has 0 saturated carbocycles. The monoisotopic (exact) mass is 518 g/mol. The van der Waals surface area contributed by atoms with E-state index in [2.05, 4.69) is 51.8 Å². The Balaban J connectivity index is 1.66. The second-order valence-corrected chi connectivity index (χ2v) is 9.47. The van der Waals surface area contributed by atoms with Crippen LogP contribution in [0.15, 0.2) is 72.9 Å². The predicted octanol–water partition coefficient (Wildman–Crippen LogP) is 6.34. The smallest absolute Gasteiger partial charge is 0.174 e. The SMILES string of the molecule is COc1ccc(-n2c(C)cc([C@@H]3[C@H](c4ccccn4)NC(=S)N3c3ccc(OC)c(Cl)c3)c2C)cc1. The fourth-order valence-electron chi connectivity index (χ4n) is 4.97. The summed E-state index contributed by atoms with van der Waals surface area (Å²) in [6.45, 7) is 4.26. The van der Waals surface area contributed by atoms with E-state index in [9.17, 15) is 0 Å². The van der Waals surface area contributed by atoms with Crippen LogP contribution in [0.1, 0.15) is 34.7 Å². The Morgan fingerprint density at radius 3 is 2.33 bits per heavy atom. The van der Waals surface area contributed by atoms with Gasteiger partial charge in [0.1, 0.15) is 11.5 Å². The van der Waals surface area contributed by atoms with Crippen molar-refractivity contribution in [1.29, 1.82) is 0 Å². The molecular formula is C28H27ClN4O2S. The molecular weight excluding hydrogens is 492 g/mol. The minimum absolute atomic E-state index is 0.143. The lowest BCUT2D eigenvalue weighted by atomic mass is 9.96. The van der Waals surface area contributed by atoms with Gasteiger partial charge in [-0.2, -0.15) is 0 Å². The third kappa shape index (κ3) is 4.18. The van der Waals surface area contributed by atoms with Crippen LogP contribution in [-0.2, 0) is 0 Å². The first-order chi connectivity index (χ1) is 17.4. The lowest BCUT2D eigenvalue weighted by Gasteiger charge is -2.28. The van der Waals surface area contributed by atoms with Gasteiger partial charge in [-0.25, -0.2) is 0 Å². The number of aromatic nitrogens is 2. The highest BCUT2D eigenvalue weighted by molar-refractivity contribution is 7.80. The molecule has 0 unspecified atom stereocenters. The number of rotatable bonds is 6. The molecule has 36 heavy (non-hydrogen) atoms. The number of halogens is 1. The Bertz CT molecular complexity index is 1410. The molecule has 1 aliphatic rings. The third-order valence-corrected chi connectivity index (χ3v) is 7.24. The first-order valence-corrected chi connectivity index (χ1v) is 12.4. The number of nitrogens with one attached hydrogen (secondary N) is 1. The summed E-state index contributed by atoms with van der Waals surface area (Å²) in [7, 11) is 3.28. The highest BCUT2D eigenvalue weighted by Crippen LogP contribution is 2.45. The standard InChI is InChI=1S/C28H27ClN4O2S/c1-17-15-22(18(2)32(17)19-8-11-21(34-3)12-9-19)27-26(24-7-5-6-14-30-24)31-28(36)33(27)20-10-13-25(35-4)23(29)16-20/h5-16,26-27H,1-4H3,(H,31,36)/t26-,27+/m0/s1. The maximum absolute atomic E-state index is 6.53. The van der Waals surface area contributed by atoms with E-state index in [1.54, 1.807) is 14.2 Å². The minimum atomic E-state index is -0.149. The van der Waals surface area contributed by atoms with Crippen LogP contribution in [0.5, 0.6) is 11.5 Å². The highest BCUT2D eigenvalue weighted by Gasteiger charge is 2.42. The molecule has 3 heterocycles. The van der Waals surface area contributed by atoms with Crippen LogP contribution in [-0.4, -0.2) is 28.9 Å². The van der Waals surface area contributed by atoms with Gasteiger partial charge in [-0.3, -0.25) is 4.98 Å². The molecule has 1 fully saturated rings. The van der Waals surface area contributed by atoms with Crippen molar-refractivity contribution in [3.05, 3.63) is 101 Å². The third-order valence-electron chi connectivity index (χ3n) is 6.63. The molecule has 0 spiro atoms. The molecule has 0 bridgehead atoms. The van der Waals surface area contributed by atoms with Crippen molar-refractivity contribution in [3.63, 3.8) is 0 Å². The normalized spacial score (nSPS) is 17.2. The van der Waals surface area contributed by atoms with Gasteiger partial charge in [0.25, 0.3) is 0 Å². The zero-order valence-electron chi connectivity index (χ0n) is 20.5. The van der Waals surface area contributed by atoms with Crippen molar-refractivity contribution in [2.75, 3.05) is 19.1 Å². The molecule has 1 saturated heterocycles. The number of anilines is 1. The Morgan fingerprint density at radius 1 is 0.944 bits per heavy atom. The van der Waals surface area contributed by atoms with Crippen molar-refractivity contribution < 1.29 is 9.47 Å². The average Bonchev–Trinajstić information content (AvgIpc) is 3.39. The van der Waals surface area contributed by atoms with E-state index in [0.717, 1.165) is 39.8 Å².